The van der Waals surface area contributed by atoms with E-state index in [1.54, 1.807) is 0 Å². The van der Waals surface area contributed by atoms with E-state index in [0.29, 0.717) is 13.0 Å². The Morgan fingerprint density at radius 3 is 3.04 bits per heavy atom. The van der Waals surface area contributed by atoms with Crippen LogP contribution in [0.2, 0.25) is 0 Å². The molecule has 0 atom stereocenters. The highest BCUT2D eigenvalue weighted by molar-refractivity contribution is 7.11. The van der Waals surface area contributed by atoms with Crippen LogP contribution in [0.3, 0.4) is 0 Å². The average Bonchev–Trinajstić information content (AvgIpc) is 3.08. The van der Waals surface area contributed by atoms with E-state index in [1.807, 2.05) is 23.5 Å². The van der Waals surface area contributed by atoms with Gasteiger partial charge in [-0.05, 0) is 62.8 Å². The Morgan fingerprint density at radius 1 is 1.23 bits per heavy atom. The SMILES string of the molecule is N#CCCCOc1cccc(CNCCCc2nc3c(s2)CCCC3)c1. The number of benzene rings is 1. The molecule has 0 aliphatic heterocycles. The van der Waals surface area contributed by atoms with E-state index in [0.717, 1.165) is 38.1 Å². The molecule has 138 valence electrons. The maximum atomic E-state index is 8.55. The summed E-state index contributed by atoms with van der Waals surface area (Å²) in [4.78, 5) is 6.35. The number of fused-ring (bicyclic) bond motifs is 1. The minimum absolute atomic E-state index is 0.545. The molecule has 0 saturated carbocycles. The molecule has 1 aliphatic carbocycles. The van der Waals surface area contributed by atoms with Crippen LogP contribution in [0.15, 0.2) is 24.3 Å². The van der Waals surface area contributed by atoms with E-state index in [4.69, 9.17) is 15.0 Å². The van der Waals surface area contributed by atoms with E-state index in [2.05, 4.69) is 23.5 Å². The van der Waals surface area contributed by atoms with Gasteiger partial charge in [-0.1, -0.05) is 12.1 Å². The summed E-state index contributed by atoms with van der Waals surface area (Å²) in [5.74, 6) is 0.885. The molecule has 0 amide bonds. The first kappa shape index (κ1) is 18.9. The number of nitrogens with zero attached hydrogens (tertiary/aromatic N) is 2. The third kappa shape index (κ3) is 5.82. The van der Waals surface area contributed by atoms with Crippen molar-refractivity contribution in [3.05, 3.63) is 45.4 Å². The van der Waals surface area contributed by atoms with Gasteiger partial charge in [-0.15, -0.1) is 11.3 Å². The summed E-state index contributed by atoms with van der Waals surface area (Å²) >= 11 is 1.93. The van der Waals surface area contributed by atoms with Crippen molar-refractivity contribution in [2.24, 2.45) is 0 Å². The first-order valence-electron chi connectivity index (χ1n) is 9.62. The van der Waals surface area contributed by atoms with Crippen LogP contribution in [0, 0.1) is 11.3 Å². The molecule has 1 N–H and O–H groups in total. The zero-order valence-corrected chi connectivity index (χ0v) is 16.1. The molecule has 0 radical (unpaired) electrons. The molecule has 0 unspecified atom stereocenters. The van der Waals surface area contributed by atoms with Gasteiger partial charge in [-0.3, -0.25) is 0 Å². The van der Waals surface area contributed by atoms with E-state index >= 15 is 0 Å². The van der Waals surface area contributed by atoms with Crippen LogP contribution in [0.5, 0.6) is 5.75 Å². The molecule has 1 aromatic carbocycles. The fraction of sp³-hybridized carbons (Fsp3) is 0.524. The van der Waals surface area contributed by atoms with Crippen molar-refractivity contribution in [2.75, 3.05) is 13.2 Å². The molecule has 26 heavy (non-hydrogen) atoms. The van der Waals surface area contributed by atoms with Gasteiger partial charge in [0.1, 0.15) is 5.75 Å². The Hall–Kier alpha value is -1.90. The topological polar surface area (TPSA) is 57.9 Å². The molecular formula is C21H27N3OS. The molecule has 4 nitrogen and oxygen atoms in total. The smallest absolute Gasteiger partial charge is 0.119 e. The average molecular weight is 370 g/mol. The number of nitriles is 1. The quantitative estimate of drug-likeness (QED) is 0.630. The van der Waals surface area contributed by atoms with Crippen LogP contribution in [0.25, 0.3) is 0 Å². The number of ether oxygens (including phenoxy) is 1. The van der Waals surface area contributed by atoms with Crippen molar-refractivity contribution in [3.8, 4) is 11.8 Å². The zero-order valence-electron chi connectivity index (χ0n) is 15.3. The van der Waals surface area contributed by atoms with Gasteiger partial charge in [0.25, 0.3) is 0 Å². The van der Waals surface area contributed by atoms with Crippen molar-refractivity contribution in [3.63, 3.8) is 0 Å². The summed E-state index contributed by atoms with van der Waals surface area (Å²) in [6.07, 6.45) is 8.57. The molecule has 5 heteroatoms. The fourth-order valence-electron chi connectivity index (χ4n) is 3.20. The first-order valence-corrected chi connectivity index (χ1v) is 10.4. The number of nitrogens with one attached hydrogen (secondary N) is 1. The second-order valence-corrected chi connectivity index (χ2v) is 7.89. The number of hydrogen-bond acceptors (Lipinski definition) is 5. The highest BCUT2D eigenvalue weighted by Crippen LogP contribution is 2.27. The van der Waals surface area contributed by atoms with Crippen molar-refractivity contribution in [1.82, 2.24) is 10.3 Å². The molecule has 3 rings (SSSR count). The first-order chi connectivity index (χ1) is 12.8. The largest absolute Gasteiger partial charge is 0.494 e. The molecule has 1 aromatic heterocycles. The number of aromatic nitrogens is 1. The monoisotopic (exact) mass is 369 g/mol. The second kappa shape index (κ2) is 10.3. The number of thiazole rings is 1. The molecule has 0 spiro atoms. The van der Waals surface area contributed by atoms with Gasteiger partial charge in [0.05, 0.1) is 23.4 Å². The van der Waals surface area contributed by atoms with Gasteiger partial charge >= 0.3 is 0 Å². The number of aryl methyl sites for hydroxylation is 3. The predicted octanol–water partition coefficient (Wildman–Crippen LogP) is 4.43. The number of hydrogen-bond donors (Lipinski definition) is 1. The summed E-state index contributed by atoms with van der Waals surface area (Å²) in [7, 11) is 0. The maximum absolute atomic E-state index is 8.55. The zero-order chi connectivity index (χ0) is 18.0. The van der Waals surface area contributed by atoms with E-state index in [-0.39, 0.29) is 0 Å². The lowest BCUT2D eigenvalue weighted by atomic mass is 10.0. The Morgan fingerprint density at radius 2 is 2.15 bits per heavy atom. The van der Waals surface area contributed by atoms with Gasteiger partial charge in [0.15, 0.2) is 0 Å². The van der Waals surface area contributed by atoms with E-state index in [9.17, 15) is 0 Å². The molecule has 0 bridgehead atoms. The van der Waals surface area contributed by atoms with Crippen molar-refractivity contribution in [2.45, 2.75) is 57.9 Å². The van der Waals surface area contributed by atoms with Gasteiger partial charge in [0, 0.05) is 24.3 Å². The fourth-order valence-corrected chi connectivity index (χ4v) is 4.39. The lowest BCUT2D eigenvalue weighted by Crippen LogP contribution is -2.15. The van der Waals surface area contributed by atoms with Crippen LogP contribution in [0.1, 0.15) is 53.2 Å². The van der Waals surface area contributed by atoms with Crippen molar-refractivity contribution in [1.29, 1.82) is 5.26 Å². The lowest BCUT2D eigenvalue weighted by Gasteiger charge is -2.08. The minimum atomic E-state index is 0.545. The van der Waals surface area contributed by atoms with E-state index < -0.39 is 0 Å². The van der Waals surface area contributed by atoms with Crippen molar-refractivity contribution >= 4 is 11.3 Å². The Bertz CT molecular complexity index is 712. The maximum Gasteiger partial charge on any atom is 0.119 e. The van der Waals surface area contributed by atoms with Gasteiger partial charge in [-0.25, -0.2) is 4.98 Å². The predicted molar refractivity (Wildman–Crippen MR) is 106 cm³/mol. The summed E-state index contributed by atoms with van der Waals surface area (Å²) in [6.45, 7) is 2.45. The standard InChI is InChI=1S/C21H27N3OS/c22-12-3-4-14-25-18-8-5-7-17(15-18)16-23-13-6-11-21-24-19-9-1-2-10-20(19)26-21/h5,7-8,15,23H,1-4,6,9-11,13-14,16H2. The highest BCUT2D eigenvalue weighted by atomic mass is 32.1. The third-order valence-electron chi connectivity index (χ3n) is 4.56. The van der Waals surface area contributed by atoms with Crippen LogP contribution in [0.4, 0.5) is 0 Å². The third-order valence-corrected chi connectivity index (χ3v) is 5.78. The lowest BCUT2D eigenvalue weighted by molar-refractivity contribution is 0.312. The molecule has 0 fully saturated rings. The van der Waals surface area contributed by atoms with E-state index in [1.165, 1.54) is 46.8 Å². The summed E-state index contributed by atoms with van der Waals surface area (Å²) in [5.41, 5.74) is 2.60. The normalized spacial score (nSPS) is 13.2. The number of rotatable bonds is 10. The molecule has 0 saturated heterocycles. The van der Waals surface area contributed by atoms with Gasteiger partial charge in [-0.2, -0.15) is 5.26 Å². The van der Waals surface area contributed by atoms with Crippen LogP contribution >= 0.6 is 11.3 Å². The summed E-state index contributed by atoms with van der Waals surface area (Å²) in [5, 5.41) is 13.4. The van der Waals surface area contributed by atoms with Crippen LogP contribution in [-0.2, 0) is 25.8 Å². The number of unbranched alkanes of at least 4 members (excludes halogenated alkanes) is 1. The Kier molecular flexibility index (Phi) is 7.48. The second-order valence-electron chi connectivity index (χ2n) is 6.72. The van der Waals surface area contributed by atoms with Gasteiger partial charge in [0.2, 0.25) is 0 Å². The van der Waals surface area contributed by atoms with Gasteiger partial charge < -0.3 is 10.1 Å². The van der Waals surface area contributed by atoms with Crippen LogP contribution < -0.4 is 10.1 Å². The molecule has 2 aromatic rings. The van der Waals surface area contributed by atoms with Crippen LogP contribution in [-0.4, -0.2) is 18.1 Å². The molecule has 1 aliphatic rings. The minimum Gasteiger partial charge on any atom is -0.494 e. The highest BCUT2D eigenvalue weighted by Gasteiger charge is 2.14. The summed E-state index contributed by atoms with van der Waals surface area (Å²) in [6, 6.07) is 10.3. The Labute approximate surface area is 160 Å². The molecule has 1 heterocycles. The Balaban J connectivity index is 1.34. The van der Waals surface area contributed by atoms with Crippen molar-refractivity contribution < 1.29 is 4.74 Å². The summed E-state index contributed by atoms with van der Waals surface area (Å²) < 4.78 is 5.69. The molecular weight excluding hydrogens is 342 g/mol.